The molecule has 0 aromatic heterocycles. The van der Waals surface area contributed by atoms with Gasteiger partial charge in [-0.25, -0.2) is 13.2 Å². The van der Waals surface area contributed by atoms with Gasteiger partial charge < -0.3 is 10.1 Å². The van der Waals surface area contributed by atoms with E-state index in [1.165, 1.54) is 13.2 Å². The Balaban J connectivity index is 2.56. The lowest BCUT2D eigenvalue weighted by molar-refractivity contribution is 0.402. The highest BCUT2D eigenvalue weighted by atomic mass is 19.2. The number of rotatable bonds is 4. The van der Waals surface area contributed by atoms with Crippen LogP contribution in [-0.2, 0) is 0 Å². The maximum absolute atomic E-state index is 13.9. The predicted octanol–water partition coefficient (Wildman–Crippen LogP) is 3.42. The molecular formula is C15H14F3NO. The summed E-state index contributed by atoms with van der Waals surface area (Å²) >= 11 is 0. The smallest absolute Gasteiger partial charge is 0.194 e. The third-order valence-corrected chi connectivity index (χ3v) is 3.11. The van der Waals surface area contributed by atoms with Crippen LogP contribution in [0.4, 0.5) is 13.2 Å². The topological polar surface area (TPSA) is 21.3 Å². The highest BCUT2D eigenvalue weighted by Crippen LogP contribution is 2.32. The van der Waals surface area contributed by atoms with E-state index in [2.05, 4.69) is 5.32 Å². The highest BCUT2D eigenvalue weighted by Gasteiger charge is 2.23. The number of nitrogens with one attached hydrogen (secondary N) is 1. The molecule has 0 aliphatic rings. The van der Waals surface area contributed by atoms with Gasteiger partial charge in [-0.15, -0.1) is 0 Å². The van der Waals surface area contributed by atoms with Gasteiger partial charge in [-0.05, 0) is 19.2 Å². The van der Waals surface area contributed by atoms with Gasteiger partial charge in [0.1, 0.15) is 5.75 Å². The maximum atomic E-state index is 13.9. The molecule has 106 valence electrons. The fourth-order valence-corrected chi connectivity index (χ4v) is 2.15. The van der Waals surface area contributed by atoms with E-state index < -0.39 is 23.5 Å². The molecule has 2 aromatic rings. The van der Waals surface area contributed by atoms with Gasteiger partial charge in [0.15, 0.2) is 17.5 Å². The van der Waals surface area contributed by atoms with Crippen molar-refractivity contribution in [3.05, 3.63) is 65.0 Å². The molecule has 0 amide bonds. The summed E-state index contributed by atoms with van der Waals surface area (Å²) in [7, 11) is 3.10. The third-order valence-electron chi connectivity index (χ3n) is 3.11. The first-order valence-corrected chi connectivity index (χ1v) is 6.03. The lowest BCUT2D eigenvalue weighted by atomic mass is 9.97. The Labute approximate surface area is 115 Å². The van der Waals surface area contributed by atoms with Crippen molar-refractivity contribution in [2.24, 2.45) is 0 Å². The summed E-state index contributed by atoms with van der Waals surface area (Å²) in [5, 5.41) is 2.89. The van der Waals surface area contributed by atoms with E-state index in [4.69, 9.17) is 4.74 Å². The van der Waals surface area contributed by atoms with E-state index in [0.29, 0.717) is 11.3 Å². The maximum Gasteiger partial charge on any atom is 0.194 e. The molecule has 1 unspecified atom stereocenters. The Bertz CT molecular complexity index is 616. The minimum atomic E-state index is -1.47. The molecule has 0 bridgehead atoms. The second kappa shape index (κ2) is 5.96. The van der Waals surface area contributed by atoms with Crippen LogP contribution in [0.3, 0.4) is 0 Å². The number of methoxy groups -OCH3 is 1. The van der Waals surface area contributed by atoms with Crippen LogP contribution in [0.5, 0.6) is 5.75 Å². The SMILES string of the molecule is CNC(c1ccccc1OC)c1ccc(F)c(F)c1F. The van der Waals surface area contributed by atoms with Crippen LogP contribution in [0.25, 0.3) is 0 Å². The van der Waals surface area contributed by atoms with Crippen LogP contribution in [0.15, 0.2) is 36.4 Å². The van der Waals surface area contributed by atoms with Crippen LogP contribution in [0.1, 0.15) is 17.2 Å². The summed E-state index contributed by atoms with van der Waals surface area (Å²) < 4.78 is 45.5. The highest BCUT2D eigenvalue weighted by molar-refractivity contribution is 5.42. The van der Waals surface area contributed by atoms with Crippen LogP contribution < -0.4 is 10.1 Å². The van der Waals surface area contributed by atoms with Crippen molar-refractivity contribution in [1.29, 1.82) is 0 Å². The second-order valence-corrected chi connectivity index (χ2v) is 4.23. The van der Waals surface area contributed by atoms with Crippen molar-refractivity contribution in [3.63, 3.8) is 0 Å². The number of halogens is 3. The summed E-state index contributed by atoms with van der Waals surface area (Å²) in [6.45, 7) is 0. The molecule has 0 aliphatic heterocycles. The lowest BCUT2D eigenvalue weighted by Gasteiger charge is -2.20. The quantitative estimate of drug-likeness (QED) is 0.867. The molecule has 5 heteroatoms. The average molecular weight is 281 g/mol. The molecular weight excluding hydrogens is 267 g/mol. The van der Waals surface area contributed by atoms with Crippen molar-refractivity contribution in [2.45, 2.75) is 6.04 Å². The molecule has 2 aromatic carbocycles. The molecule has 2 nitrogen and oxygen atoms in total. The first kappa shape index (κ1) is 14.4. The minimum Gasteiger partial charge on any atom is -0.496 e. The number of hydrogen-bond acceptors (Lipinski definition) is 2. The lowest BCUT2D eigenvalue weighted by Crippen LogP contribution is -2.20. The Kier molecular flexibility index (Phi) is 4.29. The average Bonchev–Trinajstić information content (AvgIpc) is 2.48. The van der Waals surface area contributed by atoms with Gasteiger partial charge in [-0.1, -0.05) is 24.3 Å². The number of benzene rings is 2. The van der Waals surface area contributed by atoms with Gasteiger partial charge in [-0.3, -0.25) is 0 Å². The summed E-state index contributed by atoms with van der Waals surface area (Å²) in [6.07, 6.45) is 0. The normalized spacial score (nSPS) is 12.2. The number of para-hydroxylation sites is 1. The van der Waals surface area contributed by atoms with E-state index in [9.17, 15) is 13.2 Å². The monoisotopic (exact) mass is 281 g/mol. The summed E-state index contributed by atoms with van der Waals surface area (Å²) in [6, 6.07) is 8.49. The molecule has 0 saturated heterocycles. The fraction of sp³-hybridized carbons (Fsp3) is 0.200. The van der Waals surface area contributed by atoms with E-state index in [0.717, 1.165) is 6.07 Å². The van der Waals surface area contributed by atoms with Crippen molar-refractivity contribution in [1.82, 2.24) is 5.32 Å². The Hall–Kier alpha value is -2.01. The summed E-state index contributed by atoms with van der Waals surface area (Å²) in [4.78, 5) is 0. The van der Waals surface area contributed by atoms with Gasteiger partial charge in [0.2, 0.25) is 0 Å². The van der Waals surface area contributed by atoms with E-state index in [-0.39, 0.29) is 5.56 Å². The Morgan fingerprint density at radius 3 is 2.30 bits per heavy atom. The molecule has 1 atom stereocenters. The van der Waals surface area contributed by atoms with Gasteiger partial charge in [0, 0.05) is 11.1 Å². The van der Waals surface area contributed by atoms with Crippen molar-refractivity contribution >= 4 is 0 Å². The summed E-state index contributed by atoms with van der Waals surface area (Å²) in [5.41, 5.74) is 0.665. The Morgan fingerprint density at radius 2 is 1.65 bits per heavy atom. The number of ether oxygens (including phenoxy) is 1. The van der Waals surface area contributed by atoms with Crippen molar-refractivity contribution in [2.75, 3.05) is 14.2 Å². The van der Waals surface area contributed by atoms with E-state index >= 15 is 0 Å². The number of hydrogen-bond donors (Lipinski definition) is 1. The zero-order valence-corrected chi connectivity index (χ0v) is 11.1. The van der Waals surface area contributed by atoms with Crippen molar-refractivity contribution in [3.8, 4) is 5.75 Å². The predicted molar refractivity (Wildman–Crippen MR) is 70.2 cm³/mol. The zero-order chi connectivity index (χ0) is 14.7. The van der Waals surface area contributed by atoms with Crippen LogP contribution in [0, 0.1) is 17.5 Å². The molecule has 0 spiro atoms. The Morgan fingerprint density at radius 1 is 0.950 bits per heavy atom. The first-order chi connectivity index (χ1) is 9.60. The first-order valence-electron chi connectivity index (χ1n) is 6.03. The molecule has 0 radical (unpaired) electrons. The largest absolute Gasteiger partial charge is 0.496 e. The van der Waals surface area contributed by atoms with Crippen LogP contribution in [0.2, 0.25) is 0 Å². The van der Waals surface area contributed by atoms with Gasteiger partial charge in [0.05, 0.1) is 13.2 Å². The van der Waals surface area contributed by atoms with Gasteiger partial charge in [0.25, 0.3) is 0 Å². The van der Waals surface area contributed by atoms with Gasteiger partial charge in [-0.2, -0.15) is 0 Å². The molecule has 0 aliphatic carbocycles. The van der Waals surface area contributed by atoms with E-state index in [1.54, 1.807) is 31.3 Å². The molecule has 0 saturated carbocycles. The molecule has 2 rings (SSSR count). The minimum absolute atomic E-state index is 0.0240. The van der Waals surface area contributed by atoms with Crippen LogP contribution >= 0.6 is 0 Å². The standard InChI is InChI=1S/C15H14F3NO/c1-19-15(9-5-3-4-6-12(9)20-2)10-7-8-11(16)14(18)13(10)17/h3-8,15,19H,1-2H3. The molecule has 20 heavy (non-hydrogen) atoms. The van der Waals surface area contributed by atoms with E-state index in [1.807, 2.05) is 0 Å². The molecule has 0 heterocycles. The van der Waals surface area contributed by atoms with Crippen molar-refractivity contribution < 1.29 is 17.9 Å². The zero-order valence-electron chi connectivity index (χ0n) is 11.1. The molecule has 1 N–H and O–H groups in total. The summed E-state index contributed by atoms with van der Waals surface area (Å²) in [5.74, 6) is -3.34. The molecule has 0 fully saturated rings. The van der Waals surface area contributed by atoms with Crippen LogP contribution in [-0.4, -0.2) is 14.2 Å². The van der Waals surface area contributed by atoms with Gasteiger partial charge >= 0.3 is 0 Å². The second-order valence-electron chi connectivity index (χ2n) is 4.23. The fourth-order valence-electron chi connectivity index (χ4n) is 2.15. The third kappa shape index (κ3) is 2.49.